The molecule has 0 bridgehead atoms. The molecule has 0 radical (unpaired) electrons. The molecule has 1 amide bonds. The number of likely N-dealkylation sites (N-methyl/N-ethyl adjacent to an activating group) is 1. The van der Waals surface area contributed by atoms with Crippen molar-refractivity contribution in [3.05, 3.63) is 42.9 Å². The van der Waals surface area contributed by atoms with Crippen LogP contribution in [0.25, 0.3) is 22.2 Å². The quantitative estimate of drug-likeness (QED) is 0.350. The van der Waals surface area contributed by atoms with Crippen LogP contribution in [0, 0.1) is 0 Å². The lowest BCUT2D eigenvalue weighted by Crippen LogP contribution is -2.47. The molecule has 0 spiro atoms. The van der Waals surface area contributed by atoms with Gasteiger partial charge in [-0.15, -0.1) is 5.10 Å². The normalized spacial score (nSPS) is 14.2. The number of anilines is 3. The minimum atomic E-state index is -0.0165. The summed E-state index contributed by atoms with van der Waals surface area (Å²) >= 11 is 0. The van der Waals surface area contributed by atoms with Gasteiger partial charge in [-0.3, -0.25) is 14.4 Å². The number of ether oxygens (including phenoxy) is 1. The highest BCUT2D eigenvalue weighted by molar-refractivity contribution is 6.05. The van der Waals surface area contributed by atoms with Crippen molar-refractivity contribution in [2.45, 2.75) is 13.8 Å². The highest BCUT2D eigenvalue weighted by Gasteiger charge is 2.18. The molecule has 1 aliphatic heterocycles. The smallest absolute Gasteiger partial charge is 0.256 e. The molecule has 0 saturated carbocycles. The van der Waals surface area contributed by atoms with Crippen molar-refractivity contribution >= 4 is 34.1 Å². The number of methoxy groups -OCH3 is 1. The Labute approximate surface area is 216 Å². The average Bonchev–Trinajstić information content (AvgIpc) is 3.50. The fraction of sp³-hybridized carbons (Fsp3) is 0.385. The molecule has 3 aromatic heterocycles. The summed E-state index contributed by atoms with van der Waals surface area (Å²) in [4.78, 5) is 29.5. The third kappa shape index (κ3) is 6.07. The molecule has 37 heavy (non-hydrogen) atoms. The van der Waals surface area contributed by atoms with Crippen molar-refractivity contribution in [2.75, 3.05) is 57.5 Å². The number of aryl methyl sites for hydroxylation is 1. The van der Waals surface area contributed by atoms with E-state index < -0.39 is 0 Å². The van der Waals surface area contributed by atoms with Crippen LogP contribution in [-0.2, 0) is 11.8 Å². The van der Waals surface area contributed by atoms with Gasteiger partial charge in [0.2, 0.25) is 11.9 Å². The summed E-state index contributed by atoms with van der Waals surface area (Å²) in [6.45, 7) is 8.14. The molecule has 1 aliphatic rings. The second-order valence-electron chi connectivity index (χ2n) is 8.67. The lowest BCUT2D eigenvalue weighted by molar-refractivity contribution is -0.117. The molecule has 4 heterocycles. The summed E-state index contributed by atoms with van der Waals surface area (Å²) in [5, 5.41) is 11.4. The number of carbonyl (C=O) groups excluding carboxylic acids is 1. The van der Waals surface area contributed by atoms with Crippen LogP contribution in [-0.4, -0.2) is 87.3 Å². The number of amides is 1. The lowest BCUT2D eigenvalue weighted by Gasteiger charge is -2.31. The minimum Gasteiger partial charge on any atom is -0.478 e. The SMILES string of the molecule is CC.COc1nn(C)cc1Nc1nccc(-c2c[nH]c3c(NC(=O)CN4CCN(C)CC4)cccc23)n1. The molecular formula is C26H35N9O2. The van der Waals surface area contributed by atoms with Gasteiger partial charge in [0.05, 0.1) is 36.7 Å². The first kappa shape index (κ1) is 26.1. The summed E-state index contributed by atoms with van der Waals surface area (Å²) in [7, 11) is 5.49. The molecule has 4 aromatic rings. The first-order valence-electron chi connectivity index (χ1n) is 12.5. The summed E-state index contributed by atoms with van der Waals surface area (Å²) in [5.74, 6) is 0.877. The molecule has 0 unspecified atom stereocenters. The number of aromatic amines is 1. The first-order valence-corrected chi connectivity index (χ1v) is 12.5. The Bertz CT molecular complexity index is 1340. The molecule has 0 atom stereocenters. The number of nitrogens with zero attached hydrogens (tertiary/aromatic N) is 6. The number of hydrogen-bond acceptors (Lipinski definition) is 8. The predicted octanol–water partition coefficient (Wildman–Crippen LogP) is 3.32. The van der Waals surface area contributed by atoms with E-state index >= 15 is 0 Å². The Morgan fingerprint density at radius 2 is 1.89 bits per heavy atom. The molecule has 0 aliphatic carbocycles. The summed E-state index contributed by atoms with van der Waals surface area (Å²) < 4.78 is 6.96. The maximum atomic E-state index is 12.7. The van der Waals surface area contributed by atoms with Crippen LogP contribution < -0.4 is 15.4 Å². The number of rotatable bonds is 7. The van der Waals surface area contributed by atoms with Crippen LogP contribution >= 0.6 is 0 Å². The largest absolute Gasteiger partial charge is 0.478 e. The Balaban J connectivity index is 0.00000156. The molecular weight excluding hydrogens is 470 g/mol. The zero-order chi connectivity index (χ0) is 26.4. The van der Waals surface area contributed by atoms with E-state index in [1.807, 2.05) is 51.4 Å². The molecule has 1 saturated heterocycles. The van der Waals surface area contributed by atoms with Gasteiger partial charge in [0.25, 0.3) is 5.88 Å². The Morgan fingerprint density at radius 3 is 2.65 bits per heavy atom. The van der Waals surface area contributed by atoms with Gasteiger partial charge in [0.15, 0.2) is 0 Å². The maximum absolute atomic E-state index is 12.7. The van der Waals surface area contributed by atoms with E-state index in [0.29, 0.717) is 24.1 Å². The van der Waals surface area contributed by atoms with Gasteiger partial charge in [-0.2, -0.15) is 0 Å². The van der Waals surface area contributed by atoms with Crippen LogP contribution in [0.2, 0.25) is 0 Å². The Morgan fingerprint density at radius 1 is 1.11 bits per heavy atom. The highest BCUT2D eigenvalue weighted by Crippen LogP contribution is 2.32. The van der Waals surface area contributed by atoms with E-state index in [4.69, 9.17) is 4.74 Å². The third-order valence-electron chi connectivity index (χ3n) is 6.12. The number of hydrogen-bond donors (Lipinski definition) is 3. The zero-order valence-corrected chi connectivity index (χ0v) is 22.1. The number of H-pyrrole nitrogens is 1. The Hall–Kier alpha value is -3.96. The van der Waals surface area contributed by atoms with Gasteiger partial charge in [-0.1, -0.05) is 26.0 Å². The van der Waals surface area contributed by atoms with Crippen LogP contribution in [0.5, 0.6) is 5.88 Å². The fourth-order valence-corrected chi connectivity index (χ4v) is 4.26. The second-order valence-corrected chi connectivity index (χ2v) is 8.67. The van der Waals surface area contributed by atoms with Gasteiger partial charge >= 0.3 is 0 Å². The number of fused-ring (bicyclic) bond motifs is 1. The van der Waals surface area contributed by atoms with Gasteiger partial charge in [-0.25, -0.2) is 9.97 Å². The third-order valence-corrected chi connectivity index (χ3v) is 6.12. The molecule has 1 aromatic carbocycles. The van der Waals surface area contributed by atoms with E-state index in [1.54, 1.807) is 24.2 Å². The van der Waals surface area contributed by atoms with Crippen LogP contribution in [0.3, 0.4) is 0 Å². The van der Waals surface area contributed by atoms with Crippen LogP contribution in [0.15, 0.2) is 42.9 Å². The highest BCUT2D eigenvalue weighted by atomic mass is 16.5. The molecule has 11 heteroatoms. The van der Waals surface area contributed by atoms with Gasteiger partial charge in [0.1, 0.15) is 5.69 Å². The number of piperazine rings is 1. The van der Waals surface area contributed by atoms with E-state index in [2.05, 4.69) is 47.5 Å². The van der Waals surface area contributed by atoms with Crippen molar-refractivity contribution in [2.24, 2.45) is 7.05 Å². The van der Waals surface area contributed by atoms with Crippen molar-refractivity contribution in [3.8, 4) is 17.1 Å². The van der Waals surface area contributed by atoms with Crippen molar-refractivity contribution in [3.63, 3.8) is 0 Å². The second kappa shape index (κ2) is 11.8. The number of benzene rings is 1. The van der Waals surface area contributed by atoms with Crippen molar-refractivity contribution in [1.82, 2.24) is 34.5 Å². The first-order chi connectivity index (χ1) is 18.0. The monoisotopic (exact) mass is 505 g/mol. The molecule has 3 N–H and O–H groups in total. The fourth-order valence-electron chi connectivity index (χ4n) is 4.26. The minimum absolute atomic E-state index is 0.0165. The molecule has 11 nitrogen and oxygen atoms in total. The standard InChI is InChI=1S/C24H29N9O2.C2H6/c1-31-9-11-33(12-10-31)15-21(34)27-19-6-4-5-16-17(13-26-22(16)19)18-7-8-25-24(28-18)29-20-14-32(2)30-23(20)35-3;1-2/h4-8,13-14,26H,9-12,15H2,1-3H3,(H,27,34)(H,25,28,29);1-2H3. The lowest BCUT2D eigenvalue weighted by atomic mass is 10.1. The molecule has 1 fully saturated rings. The van der Waals surface area contributed by atoms with E-state index in [0.717, 1.165) is 54.0 Å². The van der Waals surface area contributed by atoms with Crippen LogP contribution in [0.4, 0.5) is 17.3 Å². The topological polar surface area (TPSA) is 116 Å². The van der Waals surface area contributed by atoms with Crippen molar-refractivity contribution in [1.29, 1.82) is 0 Å². The number of aromatic nitrogens is 5. The summed E-state index contributed by atoms with van der Waals surface area (Å²) in [5.41, 5.74) is 3.95. The maximum Gasteiger partial charge on any atom is 0.256 e. The summed E-state index contributed by atoms with van der Waals surface area (Å²) in [6, 6.07) is 7.71. The molecule has 196 valence electrons. The number of para-hydroxylation sites is 1. The zero-order valence-electron chi connectivity index (χ0n) is 22.1. The van der Waals surface area contributed by atoms with Crippen LogP contribution in [0.1, 0.15) is 13.8 Å². The van der Waals surface area contributed by atoms with Gasteiger partial charge in [-0.05, 0) is 19.2 Å². The van der Waals surface area contributed by atoms with Gasteiger partial charge in [0, 0.05) is 56.6 Å². The van der Waals surface area contributed by atoms with Crippen molar-refractivity contribution < 1.29 is 9.53 Å². The van der Waals surface area contributed by atoms with E-state index in [-0.39, 0.29) is 5.91 Å². The average molecular weight is 506 g/mol. The summed E-state index contributed by atoms with van der Waals surface area (Å²) in [6.07, 6.45) is 5.41. The van der Waals surface area contributed by atoms with E-state index in [1.165, 1.54) is 0 Å². The predicted molar refractivity (Wildman–Crippen MR) is 146 cm³/mol. The van der Waals surface area contributed by atoms with Gasteiger partial charge < -0.3 is 25.3 Å². The number of nitrogens with one attached hydrogen (secondary N) is 3. The van der Waals surface area contributed by atoms with E-state index in [9.17, 15) is 4.79 Å². The molecule has 5 rings (SSSR count). The number of carbonyl (C=O) groups is 1. The Kier molecular flexibility index (Phi) is 8.36.